The molecule has 7 heteroatoms. The minimum absolute atomic E-state index is 0.264. The fourth-order valence-electron chi connectivity index (χ4n) is 3.27. The number of rotatable bonds is 9. The number of morpholine rings is 1. The summed E-state index contributed by atoms with van der Waals surface area (Å²) in [5.74, 6) is 0.443. The summed E-state index contributed by atoms with van der Waals surface area (Å²) in [4.78, 5) is 19.4. The zero-order valence-electron chi connectivity index (χ0n) is 18.2. The monoisotopic (exact) mass is 424 g/mol. The molecule has 0 aliphatic carbocycles. The van der Waals surface area contributed by atoms with Crippen molar-refractivity contribution >= 4 is 11.9 Å². The summed E-state index contributed by atoms with van der Waals surface area (Å²) in [5, 5.41) is 6.65. The summed E-state index contributed by atoms with van der Waals surface area (Å²) in [7, 11) is 0. The normalized spacial score (nSPS) is 14.8. The highest BCUT2D eigenvalue weighted by molar-refractivity contribution is 5.89. The Kier molecular flexibility index (Phi) is 9.34. The molecule has 2 aromatic carbocycles. The molecule has 1 fully saturated rings. The Hall–Kier alpha value is -2.90. The number of nitrogens with one attached hydrogen (secondary N) is 2. The Morgan fingerprint density at radius 2 is 1.84 bits per heavy atom. The summed E-state index contributed by atoms with van der Waals surface area (Å²) < 4.78 is 10.8. The summed E-state index contributed by atoms with van der Waals surface area (Å²) >= 11 is 0. The highest BCUT2D eigenvalue weighted by Gasteiger charge is 2.10. The molecule has 7 nitrogen and oxygen atoms in total. The van der Waals surface area contributed by atoms with Crippen molar-refractivity contribution in [3.8, 4) is 0 Å². The highest BCUT2D eigenvalue weighted by atomic mass is 16.5. The van der Waals surface area contributed by atoms with E-state index in [4.69, 9.17) is 9.47 Å². The number of ether oxygens (including phenoxy) is 2. The lowest BCUT2D eigenvalue weighted by Gasteiger charge is -2.26. The van der Waals surface area contributed by atoms with Crippen molar-refractivity contribution < 1.29 is 14.3 Å². The zero-order chi connectivity index (χ0) is 21.7. The maximum Gasteiger partial charge on any atom is 0.338 e. The van der Waals surface area contributed by atoms with Crippen LogP contribution in [0.2, 0.25) is 0 Å². The second-order valence-electron chi connectivity index (χ2n) is 7.34. The standard InChI is InChI=1S/C24H32N4O3/c1-2-25-24(26-11-12-28-13-15-30-16-14-28)27-18-21-9-6-10-22(17-21)23(29)31-19-20-7-4-3-5-8-20/h3-10,17H,2,11-16,18-19H2,1H3,(H2,25,26,27). The van der Waals surface area contributed by atoms with Crippen molar-refractivity contribution in [3.63, 3.8) is 0 Å². The number of carbonyl (C=O) groups is 1. The molecule has 3 rings (SSSR count). The minimum Gasteiger partial charge on any atom is -0.457 e. The molecule has 0 saturated carbocycles. The summed E-state index contributed by atoms with van der Waals surface area (Å²) in [6.07, 6.45) is 0. The van der Waals surface area contributed by atoms with Gasteiger partial charge in [-0.1, -0.05) is 42.5 Å². The zero-order valence-corrected chi connectivity index (χ0v) is 18.2. The van der Waals surface area contributed by atoms with Gasteiger partial charge in [-0.25, -0.2) is 9.79 Å². The first-order valence-electron chi connectivity index (χ1n) is 10.9. The van der Waals surface area contributed by atoms with Crippen LogP contribution < -0.4 is 10.6 Å². The molecule has 0 aromatic heterocycles. The van der Waals surface area contributed by atoms with Crippen LogP contribution in [0.15, 0.2) is 59.6 Å². The van der Waals surface area contributed by atoms with Crippen LogP contribution in [0.3, 0.4) is 0 Å². The van der Waals surface area contributed by atoms with Crippen LogP contribution in [0.5, 0.6) is 0 Å². The third-order valence-electron chi connectivity index (χ3n) is 4.96. The quantitative estimate of drug-likeness (QED) is 0.366. The van der Waals surface area contributed by atoms with Crippen molar-refractivity contribution in [2.24, 2.45) is 4.99 Å². The molecule has 1 heterocycles. The Balaban J connectivity index is 1.50. The molecule has 0 amide bonds. The van der Waals surface area contributed by atoms with Crippen LogP contribution in [-0.2, 0) is 22.6 Å². The number of esters is 1. The van der Waals surface area contributed by atoms with Crippen molar-refractivity contribution in [2.75, 3.05) is 45.9 Å². The average molecular weight is 425 g/mol. The van der Waals surface area contributed by atoms with E-state index in [9.17, 15) is 4.79 Å². The number of hydrogen-bond acceptors (Lipinski definition) is 5. The van der Waals surface area contributed by atoms with Crippen molar-refractivity contribution in [3.05, 3.63) is 71.3 Å². The van der Waals surface area contributed by atoms with Gasteiger partial charge in [-0.05, 0) is 30.2 Å². The molecular weight excluding hydrogens is 392 g/mol. The van der Waals surface area contributed by atoms with Gasteiger partial charge in [-0.2, -0.15) is 0 Å². The maximum absolute atomic E-state index is 12.4. The topological polar surface area (TPSA) is 75.2 Å². The fraction of sp³-hybridized carbons (Fsp3) is 0.417. The molecule has 31 heavy (non-hydrogen) atoms. The Morgan fingerprint density at radius 1 is 1.06 bits per heavy atom. The van der Waals surface area contributed by atoms with E-state index in [1.165, 1.54) is 0 Å². The van der Waals surface area contributed by atoms with Gasteiger partial charge in [0.15, 0.2) is 5.96 Å². The first-order valence-corrected chi connectivity index (χ1v) is 10.9. The number of aliphatic imine (C=N–C) groups is 1. The summed E-state index contributed by atoms with van der Waals surface area (Å²) in [5.41, 5.74) is 2.46. The molecule has 0 radical (unpaired) electrons. The maximum atomic E-state index is 12.4. The second kappa shape index (κ2) is 12.7. The smallest absolute Gasteiger partial charge is 0.338 e. The van der Waals surface area contributed by atoms with Gasteiger partial charge < -0.3 is 20.1 Å². The van der Waals surface area contributed by atoms with E-state index < -0.39 is 0 Å². The molecule has 0 spiro atoms. The van der Waals surface area contributed by atoms with Crippen molar-refractivity contribution in [1.82, 2.24) is 15.5 Å². The Bertz CT molecular complexity index is 836. The van der Waals surface area contributed by atoms with Gasteiger partial charge in [0.1, 0.15) is 6.61 Å². The van der Waals surface area contributed by atoms with Crippen LogP contribution in [0, 0.1) is 0 Å². The van der Waals surface area contributed by atoms with Gasteiger partial charge in [0.2, 0.25) is 0 Å². The van der Waals surface area contributed by atoms with Crippen LogP contribution >= 0.6 is 0 Å². The second-order valence-corrected chi connectivity index (χ2v) is 7.34. The molecule has 2 aromatic rings. The fourth-order valence-corrected chi connectivity index (χ4v) is 3.27. The van der Waals surface area contributed by atoms with Crippen LogP contribution in [0.4, 0.5) is 0 Å². The number of hydrogen-bond donors (Lipinski definition) is 2. The molecule has 1 saturated heterocycles. The van der Waals surface area contributed by atoms with E-state index in [-0.39, 0.29) is 12.6 Å². The van der Waals surface area contributed by atoms with E-state index in [1.807, 2.05) is 55.5 Å². The van der Waals surface area contributed by atoms with E-state index in [2.05, 4.69) is 20.5 Å². The van der Waals surface area contributed by atoms with Crippen LogP contribution in [-0.4, -0.2) is 62.8 Å². The van der Waals surface area contributed by atoms with E-state index >= 15 is 0 Å². The number of guanidine groups is 1. The molecule has 1 aliphatic rings. The molecule has 0 bridgehead atoms. The lowest BCUT2D eigenvalue weighted by atomic mass is 10.1. The number of nitrogens with zero attached hydrogens (tertiary/aromatic N) is 2. The van der Waals surface area contributed by atoms with Gasteiger partial charge in [0.05, 0.1) is 25.3 Å². The van der Waals surface area contributed by atoms with Gasteiger partial charge in [-0.3, -0.25) is 4.90 Å². The van der Waals surface area contributed by atoms with Crippen LogP contribution in [0.25, 0.3) is 0 Å². The lowest BCUT2D eigenvalue weighted by molar-refractivity contribution is 0.0389. The summed E-state index contributed by atoms with van der Waals surface area (Å²) in [6.45, 7) is 8.90. The molecule has 2 N–H and O–H groups in total. The summed E-state index contributed by atoms with van der Waals surface area (Å²) in [6, 6.07) is 17.1. The predicted octanol–water partition coefficient (Wildman–Crippen LogP) is 2.43. The van der Waals surface area contributed by atoms with Crippen molar-refractivity contribution in [1.29, 1.82) is 0 Å². The van der Waals surface area contributed by atoms with E-state index in [1.54, 1.807) is 6.07 Å². The molecule has 166 valence electrons. The van der Waals surface area contributed by atoms with E-state index in [0.29, 0.717) is 12.1 Å². The average Bonchev–Trinajstić information content (AvgIpc) is 2.82. The molecule has 0 atom stereocenters. The van der Waals surface area contributed by atoms with E-state index in [0.717, 1.165) is 63.0 Å². The predicted molar refractivity (Wildman–Crippen MR) is 122 cm³/mol. The van der Waals surface area contributed by atoms with Gasteiger partial charge in [-0.15, -0.1) is 0 Å². The van der Waals surface area contributed by atoms with Crippen molar-refractivity contribution in [2.45, 2.75) is 20.1 Å². The number of carbonyl (C=O) groups excluding carboxylic acids is 1. The third-order valence-corrected chi connectivity index (χ3v) is 4.96. The van der Waals surface area contributed by atoms with Gasteiger partial charge in [0, 0.05) is 32.7 Å². The largest absolute Gasteiger partial charge is 0.457 e. The van der Waals surface area contributed by atoms with Crippen LogP contribution in [0.1, 0.15) is 28.4 Å². The Morgan fingerprint density at radius 3 is 2.61 bits per heavy atom. The molecule has 1 aliphatic heterocycles. The minimum atomic E-state index is -0.328. The number of benzene rings is 2. The first kappa shape index (κ1) is 22.8. The highest BCUT2D eigenvalue weighted by Crippen LogP contribution is 2.10. The SMILES string of the molecule is CCNC(=NCc1cccc(C(=O)OCc2ccccc2)c1)NCCN1CCOCC1. The third kappa shape index (κ3) is 8.03. The molecular formula is C24H32N4O3. The molecule has 0 unspecified atom stereocenters. The first-order chi connectivity index (χ1) is 15.2. The lowest BCUT2D eigenvalue weighted by Crippen LogP contribution is -2.44. The van der Waals surface area contributed by atoms with Gasteiger partial charge >= 0.3 is 5.97 Å². The Labute approximate surface area is 184 Å². The van der Waals surface area contributed by atoms with Gasteiger partial charge in [0.25, 0.3) is 0 Å².